The van der Waals surface area contributed by atoms with Crippen molar-refractivity contribution in [3.63, 3.8) is 0 Å². The molecule has 0 aliphatic rings. The predicted molar refractivity (Wildman–Crippen MR) is 105 cm³/mol. The lowest BCUT2D eigenvalue weighted by Crippen LogP contribution is -2.02. The maximum Gasteiger partial charge on any atom is 0.344 e. The first-order valence-corrected chi connectivity index (χ1v) is 8.59. The Bertz CT molecular complexity index is 1200. The highest BCUT2D eigenvalue weighted by Gasteiger charge is 2.09. The number of hydrogen-bond donors (Lipinski definition) is 0. The molecule has 6 nitrogen and oxygen atoms in total. The molecule has 1 aromatic heterocycles. The highest BCUT2D eigenvalue weighted by atomic mass is 16.6. The average Bonchev–Trinajstić information content (AvgIpc) is 2.72. The fourth-order valence-electron chi connectivity index (χ4n) is 2.88. The molecule has 0 aliphatic carbocycles. The zero-order valence-electron chi connectivity index (χ0n) is 14.7. The van der Waals surface area contributed by atoms with Gasteiger partial charge in [-0.25, -0.2) is 4.79 Å². The SMILES string of the molecule is O=c1oc2cc(OCc3ccc([N+](=O)[O-])cc3)ccc2cc1-c1ccccc1. The zero-order valence-corrected chi connectivity index (χ0v) is 14.7. The first-order valence-electron chi connectivity index (χ1n) is 8.59. The summed E-state index contributed by atoms with van der Waals surface area (Å²) in [6.45, 7) is 0.246. The Labute approximate surface area is 159 Å². The van der Waals surface area contributed by atoms with E-state index in [1.54, 1.807) is 30.3 Å². The minimum atomic E-state index is -0.445. The summed E-state index contributed by atoms with van der Waals surface area (Å²) < 4.78 is 11.2. The third-order valence-electron chi connectivity index (χ3n) is 4.34. The molecule has 0 spiro atoms. The van der Waals surface area contributed by atoms with Gasteiger partial charge in [0.1, 0.15) is 17.9 Å². The van der Waals surface area contributed by atoms with Crippen molar-refractivity contribution in [3.05, 3.63) is 105 Å². The van der Waals surface area contributed by atoms with Crippen LogP contribution in [0.2, 0.25) is 0 Å². The van der Waals surface area contributed by atoms with Gasteiger partial charge in [0.25, 0.3) is 5.69 Å². The van der Waals surface area contributed by atoms with Crippen LogP contribution in [0.25, 0.3) is 22.1 Å². The van der Waals surface area contributed by atoms with Gasteiger partial charge in [0.15, 0.2) is 0 Å². The Morgan fingerprint density at radius 2 is 1.68 bits per heavy atom. The topological polar surface area (TPSA) is 82.6 Å². The Kier molecular flexibility index (Phi) is 4.60. The summed E-state index contributed by atoms with van der Waals surface area (Å²) in [7, 11) is 0. The molecule has 0 saturated heterocycles. The summed E-state index contributed by atoms with van der Waals surface area (Å²) in [6, 6.07) is 22.6. The van der Waals surface area contributed by atoms with Crippen molar-refractivity contribution in [2.75, 3.05) is 0 Å². The first-order chi connectivity index (χ1) is 13.6. The number of ether oxygens (including phenoxy) is 1. The molecule has 0 N–H and O–H groups in total. The minimum absolute atomic E-state index is 0.0328. The molecule has 0 fully saturated rings. The van der Waals surface area contributed by atoms with Gasteiger partial charge in [-0.2, -0.15) is 0 Å². The fraction of sp³-hybridized carbons (Fsp3) is 0.0455. The zero-order chi connectivity index (χ0) is 19.5. The Hall–Kier alpha value is -3.93. The van der Waals surface area contributed by atoms with E-state index in [2.05, 4.69) is 0 Å². The molecule has 0 saturated carbocycles. The van der Waals surface area contributed by atoms with Crippen LogP contribution in [0.1, 0.15) is 5.56 Å². The Morgan fingerprint density at radius 1 is 0.929 bits per heavy atom. The predicted octanol–water partition coefficient (Wildman–Crippen LogP) is 4.95. The minimum Gasteiger partial charge on any atom is -0.489 e. The number of non-ortho nitro benzene ring substituents is 1. The highest BCUT2D eigenvalue weighted by Crippen LogP contribution is 2.25. The summed E-state index contributed by atoms with van der Waals surface area (Å²) in [5, 5.41) is 11.5. The molecule has 28 heavy (non-hydrogen) atoms. The lowest BCUT2D eigenvalue weighted by atomic mass is 10.1. The quantitative estimate of drug-likeness (QED) is 0.281. The van der Waals surface area contributed by atoms with E-state index < -0.39 is 10.5 Å². The van der Waals surface area contributed by atoms with E-state index in [0.717, 1.165) is 16.5 Å². The van der Waals surface area contributed by atoms with Gasteiger partial charge in [-0.3, -0.25) is 10.1 Å². The second-order valence-corrected chi connectivity index (χ2v) is 6.23. The number of nitro benzene ring substituents is 1. The van der Waals surface area contributed by atoms with Gasteiger partial charge in [0, 0.05) is 23.6 Å². The third-order valence-corrected chi connectivity index (χ3v) is 4.34. The van der Waals surface area contributed by atoms with E-state index in [0.29, 0.717) is 16.9 Å². The van der Waals surface area contributed by atoms with Crippen molar-refractivity contribution in [2.45, 2.75) is 6.61 Å². The molecule has 4 aromatic rings. The van der Waals surface area contributed by atoms with Crippen molar-refractivity contribution in [2.24, 2.45) is 0 Å². The highest BCUT2D eigenvalue weighted by molar-refractivity contribution is 5.82. The summed E-state index contributed by atoms with van der Waals surface area (Å²) in [6.07, 6.45) is 0. The van der Waals surface area contributed by atoms with E-state index in [1.807, 2.05) is 36.4 Å². The molecule has 4 rings (SSSR count). The van der Waals surface area contributed by atoms with Crippen LogP contribution in [0, 0.1) is 10.1 Å². The summed E-state index contributed by atoms with van der Waals surface area (Å²) in [4.78, 5) is 22.6. The van der Waals surface area contributed by atoms with E-state index in [1.165, 1.54) is 12.1 Å². The second-order valence-electron chi connectivity index (χ2n) is 6.23. The van der Waals surface area contributed by atoms with Crippen LogP contribution in [0.15, 0.2) is 88.1 Å². The maximum atomic E-state index is 12.3. The summed E-state index contributed by atoms with van der Waals surface area (Å²) >= 11 is 0. The lowest BCUT2D eigenvalue weighted by Gasteiger charge is -2.08. The van der Waals surface area contributed by atoms with Gasteiger partial charge in [-0.05, 0) is 41.5 Å². The van der Waals surface area contributed by atoms with Crippen LogP contribution >= 0.6 is 0 Å². The first kappa shape index (κ1) is 17.5. The smallest absolute Gasteiger partial charge is 0.344 e. The average molecular weight is 373 g/mol. The molecule has 0 amide bonds. The molecule has 138 valence electrons. The van der Waals surface area contributed by atoms with Gasteiger partial charge < -0.3 is 9.15 Å². The maximum absolute atomic E-state index is 12.3. The molecule has 0 unspecified atom stereocenters. The molecule has 1 heterocycles. The second kappa shape index (κ2) is 7.36. The normalized spacial score (nSPS) is 10.7. The van der Waals surface area contributed by atoms with Gasteiger partial charge in [-0.1, -0.05) is 30.3 Å². The van der Waals surface area contributed by atoms with Gasteiger partial charge in [0.2, 0.25) is 0 Å². The number of nitrogens with zero attached hydrogens (tertiary/aromatic N) is 1. The van der Waals surface area contributed by atoms with E-state index in [-0.39, 0.29) is 12.3 Å². The molecule has 0 bridgehead atoms. The van der Waals surface area contributed by atoms with Crippen LogP contribution in [0.4, 0.5) is 5.69 Å². The molecule has 3 aromatic carbocycles. The van der Waals surface area contributed by atoms with Crippen LogP contribution in [-0.4, -0.2) is 4.92 Å². The van der Waals surface area contributed by atoms with Crippen LogP contribution in [0.3, 0.4) is 0 Å². The Balaban J connectivity index is 1.56. The lowest BCUT2D eigenvalue weighted by molar-refractivity contribution is -0.384. The molecule has 0 atom stereocenters. The van der Waals surface area contributed by atoms with Crippen LogP contribution in [-0.2, 0) is 6.61 Å². The van der Waals surface area contributed by atoms with Gasteiger partial charge >= 0.3 is 5.63 Å². The van der Waals surface area contributed by atoms with Gasteiger partial charge in [-0.15, -0.1) is 0 Å². The van der Waals surface area contributed by atoms with Crippen molar-refractivity contribution in [1.82, 2.24) is 0 Å². The van der Waals surface area contributed by atoms with E-state index in [4.69, 9.17) is 9.15 Å². The molecular formula is C22H15NO5. The number of fused-ring (bicyclic) bond motifs is 1. The number of benzene rings is 3. The van der Waals surface area contributed by atoms with Crippen molar-refractivity contribution in [3.8, 4) is 16.9 Å². The summed E-state index contributed by atoms with van der Waals surface area (Å²) in [5.41, 5.74) is 2.17. The van der Waals surface area contributed by atoms with Crippen LogP contribution in [0.5, 0.6) is 5.75 Å². The van der Waals surface area contributed by atoms with Gasteiger partial charge in [0.05, 0.1) is 10.5 Å². The monoisotopic (exact) mass is 373 g/mol. The van der Waals surface area contributed by atoms with Crippen molar-refractivity contribution < 1.29 is 14.1 Å². The number of hydrogen-bond acceptors (Lipinski definition) is 5. The molecular weight excluding hydrogens is 358 g/mol. The fourth-order valence-corrected chi connectivity index (χ4v) is 2.88. The van der Waals surface area contributed by atoms with Crippen molar-refractivity contribution >= 4 is 16.7 Å². The molecule has 0 radical (unpaired) electrons. The standard InChI is InChI=1S/C22H15NO5/c24-22-20(16-4-2-1-3-5-16)12-17-8-11-19(13-21(17)28-22)27-14-15-6-9-18(10-7-15)23(25)26/h1-13H,14H2. The van der Waals surface area contributed by atoms with Crippen LogP contribution < -0.4 is 10.4 Å². The molecule has 0 aliphatic heterocycles. The largest absolute Gasteiger partial charge is 0.489 e. The summed E-state index contributed by atoms with van der Waals surface area (Å²) in [5.74, 6) is 0.543. The van der Waals surface area contributed by atoms with E-state index in [9.17, 15) is 14.9 Å². The third kappa shape index (κ3) is 3.61. The number of nitro groups is 1. The van der Waals surface area contributed by atoms with Crippen molar-refractivity contribution in [1.29, 1.82) is 0 Å². The Morgan fingerprint density at radius 3 is 2.39 bits per heavy atom. The number of rotatable bonds is 5. The molecule has 6 heteroatoms. The van der Waals surface area contributed by atoms with E-state index >= 15 is 0 Å².